The van der Waals surface area contributed by atoms with Crippen molar-refractivity contribution in [2.24, 2.45) is 5.73 Å². The number of amides is 1. The second-order valence-electron chi connectivity index (χ2n) is 7.96. The number of sulfonamides is 1. The predicted octanol–water partition coefficient (Wildman–Crippen LogP) is 2.31. The lowest BCUT2D eigenvalue weighted by Crippen LogP contribution is -2.59. The monoisotopic (exact) mass is 437 g/mol. The van der Waals surface area contributed by atoms with Gasteiger partial charge in [-0.05, 0) is 23.8 Å². The van der Waals surface area contributed by atoms with Gasteiger partial charge in [0.15, 0.2) is 0 Å². The molecule has 0 saturated carbocycles. The van der Waals surface area contributed by atoms with Gasteiger partial charge in [0.2, 0.25) is 5.91 Å². The summed E-state index contributed by atoms with van der Waals surface area (Å²) in [6, 6.07) is 17.7. The fourth-order valence-corrected chi connectivity index (χ4v) is 6.19. The van der Waals surface area contributed by atoms with Crippen LogP contribution in [0.25, 0.3) is 10.8 Å². The Hall–Kier alpha value is -3.10. The number of methoxy groups -OCH3 is 1. The number of carbonyl (C=O) groups excluding carboxylic acids is 1. The fraction of sp³-hybridized carbons (Fsp3) is 0.261. The van der Waals surface area contributed by atoms with Crippen molar-refractivity contribution in [1.82, 2.24) is 4.90 Å². The van der Waals surface area contributed by atoms with Gasteiger partial charge in [-0.3, -0.25) is 9.10 Å². The van der Waals surface area contributed by atoms with Crippen LogP contribution < -0.4 is 14.8 Å². The van der Waals surface area contributed by atoms with Crippen LogP contribution in [-0.4, -0.2) is 52.0 Å². The van der Waals surface area contributed by atoms with Gasteiger partial charge < -0.3 is 15.4 Å². The van der Waals surface area contributed by atoms with E-state index in [9.17, 15) is 13.2 Å². The van der Waals surface area contributed by atoms with Gasteiger partial charge in [0.1, 0.15) is 5.75 Å². The van der Waals surface area contributed by atoms with Crippen LogP contribution in [0.1, 0.15) is 11.5 Å². The molecule has 2 heterocycles. The Morgan fingerprint density at radius 1 is 0.968 bits per heavy atom. The number of rotatable bonds is 4. The third kappa shape index (κ3) is 3.05. The van der Waals surface area contributed by atoms with Crippen molar-refractivity contribution in [3.05, 3.63) is 66.2 Å². The first-order valence-electron chi connectivity index (χ1n) is 10.1. The average molecular weight is 438 g/mol. The highest BCUT2D eigenvalue weighted by Gasteiger charge is 2.43. The van der Waals surface area contributed by atoms with Gasteiger partial charge in [0.25, 0.3) is 10.0 Å². The minimum absolute atomic E-state index is 0.00824. The highest BCUT2D eigenvalue weighted by molar-refractivity contribution is 7.93. The third-order valence-electron chi connectivity index (χ3n) is 6.08. The predicted molar refractivity (Wildman–Crippen MR) is 119 cm³/mol. The van der Waals surface area contributed by atoms with E-state index in [1.807, 2.05) is 24.3 Å². The standard InChI is InChI=1S/C23H23N3O4S/c1-30-21-10-11-22(18-8-3-2-7-17(18)21)31(28,29)26-14-19(16-6-4-5-9-20(16)26)23(27)25-12-15(24)13-25/h2-11,15,19H,12-14,24H2,1H3. The molecule has 160 valence electrons. The van der Waals surface area contributed by atoms with E-state index in [2.05, 4.69) is 0 Å². The summed E-state index contributed by atoms with van der Waals surface area (Å²) in [5.41, 5.74) is 7.12. The molecule has 0 radical (unpaired) electrons. The van der Waals surface area contributed by atoms with E-state index in [4.69, 9.17) is 10.5 Å². The highest BCUT2D eigenvalue weighted by Crippen LogP contribution is 2.42. The number of likely N-dealkylation sites (tertiary alicyclic amines) is 1. The van der Waals surface area contributed by atoms with Crippen molar-refractivity contribution < 1.29 is 17.9 Å². The zero-order valence-corrected chi connectivity index (χ0v) is 17.9. The van der Waals surface area contributed by atoms with E-state index in [0.717, 1.165) is 10.9 Å². The van der Waals surface area contributed by atoms with E-state index >= 15 is 0 Å². The van der Waals surface area contributed by atoms with Gasteiger partial charge in [-0.25, -0.2) is 8.42 Å². The molecule has 2 N–H and O–H groups in total. The Kier molecular flexibility index (Phi) is 4.64. The summed E-state index contributed by atoms with van der Waals surface area (Å²) in [4.78, 5) is 15.0. The molecule has 2 aliphatic heterocycles. The lowest BCUT2D eigenvalue weighted by atomic mass is 9.97. The number of carbonyl (C=O) groups is 1. The van der Waals surface area contributed by atoms with Crippen LogP contribution >= 0.6 is 0 Å². The fourth-order valence-electron chi connectivity index (χ4n) is 4.49. The molecular formula is C23H23N3O4S. The number of para-hydroxylation sites is 1. The molecule has 31 heavy (non-hydrogen) atoms. The zero-order valence-electron chi connectivity index (χ0n) is 17.1. The molecule has 1 atom stereocenters. The van der Waals surface area contributed by atoms with Gasteiger partial charge in [-0.15, -0.1) is 0 Å². The minimum Gasteiger partial charge on any atom is -0.496 e. The quantitative estimate of drug-likeness (QED) is 0.676. The van der Waals surface area contributed by atoms with Crippen molar-refractivity contribution in [2.75, 3.05) is 31.0 Å². The van der Waals surface area contributed by atoms with E-state index in [0.29, 0.717) is 29.9 Å². The summed E-state index contributed by atoms with van der Waals surface area (Å²) >= 11 is 0. The number of benzene rings is 3. The molecule has 7 nitrogen and oxygen atoms in total. The minimum atomic E-state index is -3.91. The molecular weight excluding hydrogens is 414 g/mol. The number of nitrogens with zero attached hydrogens (tertiary/aromatic N) is 2. The molecule has 0 spiro atoms. The van der Waals surface area contributed by atoms with E-state index in [-0.39, 0.29) is 23.4 Å². The Labute approximate surface area is 181 Å². The average Bonchev–Trinajstić information content (AvgIpc) is 3.16. The number of anilines is 1. The summed E-state index contributed by atoms with van der Waals surface area (Å²) in [5, 5.41) is 1.31. The van der Waals surface area contributed by atoms with Crippen LogP contribution in [0.3, 0.4) is 0 Å². The number of hydrogen-bond acceptors (Lipinski definition) is 5. The lowest BCUT2D eigenvalue weighted by molar-refractivity contribution is -0.136. The molecule has 1 saturated heterocycles. The molecule has 0 bridgehead atoms. The molecule has 2 aliphatic rings. The molecule has 1 fully saturated rings. The normalized spacial score (nSPS) is 18.7. The smallest absolute Gasteiger partial charge is 0.264 e. The first kappa shape index (κ1) is 19.8. The Morgan fingerprint density at radius 3 is 2.35 bits per heavy atom. The molecule has 3 aromatic carbocycles. The van der Waals surface area contributed by atoms with Crippen molar-refractivity contribution >= 4 is 32.4 Å². The van der Waals surface area contributed by atoms with Crippen LogP contribution in [0.15, 0.2) is 65.6 Å². The number of ether oxygens (including phenoxy) is 1. The number of fused-ring (bicyclic) bond motifs is 2. The molecule has 0 aromatic heterocycles. The lowest BCUT2D eigenvalue weighted by Gasteiger charge is -2.38. The second-order valence-corrected chi connectivity index (χ2v) is 9.79. The van der Waals surface area contributed by atoms with E-state index < -0.39 is 15.9 Å². The highest BCUT2D eigenvalue weighted by atomic mass is 32.2. The topological polar surface area (TPSA) is 92.9 Å². The van der Waals surface area contributed by atoms with Crippen LogP contribution in [0.4, 0.5) is 5.69 Å². The van der Waals surface area contributed by atoms with Gasteiger partial charge >= 0.3 is 0 Å². The summed E-state index contributed by atoms with van der Waals surface area (Å²) < 4.78 is 34.4. The Balaban J connectivity index is 1.59. The maximum absolute atomic E-state index is 13.8. The second kappa shape index (κ2) is 7.25. The van der Waals surface area contributed by atoms with Crippen molar-refractivity contribution in [3.8, 4) is 5.75 Å². The van der Waals surface area contributed by atoms with Gasteiger partial charge in [-0.1, -0.05) is 42.5 Å². The van der Waals surface area contributed by atoms with Gasteiger partial charge in [-0.2, -0.15) is 0 Å². The largest absolute Gasteiger partial charge is 0.496 e. The van der Waals surface area contributed by atoms with Gasteiger partial charge in [0.05, 0.1) is 30.2 Å². The van der Waals surface area contributed by atoms with Crippen molar-refractivity contribution in [2.45, 2.75) is 16.9 Å². The first-order chi connectivity index (χ1) is 14.9. The zero-order chi connectivity index (χ0) is 21.8. The van der Waals surface area contributed by atoms with E-state index in [1.54, 1.807) is 48.4 Å². The summed E-state index contributed by atoms with van der Waals surface area (Å²) in [7, 11) is -2.35. The Morgan fingerprint density at radius 2 is 1.65 bits per heavy atom. The maximum atomic E-state index is 13.8. The Bertz CT molecular complexity index is 1280. The molecule has 0 aliphatic carbocycles. The van der Waals surface area contributed by atoms with Crippen LogP contribution in [0.2, 0.25) is 0 Å². The molecule has 1 unspecified atom stereocenters. The molecule has 1 amide bonds. The molecule has 8 heteroatoms. The number of hydrogen-bond donors (Lipinski definition) is 1. The van der Waals surface area contributed by atoms with E-state index in [1.165, 1.54) is 4.31 Å². The third-order valence-corrected chi connectivity index (χ3v) is 7.92. The SMILES string of the molecule is COc1ccc(S(=O)(=O)N2CC(C(=O)N3CC(N)C3)c3ccccc32)c2ccccc12. The molecule has 3 aromatic rings. The van der Waals surface area contributed by atoms with Crippen LogP contribution in [0.5, 0.6) is 5.75 Å². The summed E-state index contributed by atoms with van der Waals surface area (Å²) in [6.45, 7) is 1.09. The van der Waals surface area contributed by atoms with Gasteiger partial charge in [0, 0.05) is 29.9 Å². The summed E-state index contributed by atoms with van der Waals surface area (Å²) in [6.07, 6.45) is 0. The molecule has 5 rings (SSSR count). The van der Waals surface area contributed by atoms with Crippen molar-refractivity contribution in [1.29, 1.82) is 0 Å². The van der Waals surface area contributed by atoms with Crippen LogP contribution in [-0.2, 0) is 14.8 Å². The van der Waals surface area contributed by atoms with Crippen LogP contribution in [0, 0.1) is 0 Å². The van der Waals surface area contributed by atoms with Crippen molar-refractivity contribution in [3.63, 3.8) is 0 Å². The summed E-state index contributed by atoms with van der Waals surface area (Å²) in [5.74, 6) is -0.00650. The number of nitrogens with two attached hydrogens (primary N) is 1. The first-order valence-corrected chi connectivity index (χ1v) is 11.6. The maximum Gasteiger partial charge on any atom is 0.264 e.